The van der Waals surface area contributed by atoms with Crippen LogP contribution in [0, 0.1) is 0 Å². The van der Waals surface area contributed by atoms with Gasteiger partial charge in [0.05, 0.1) is 4.47 Å². The molecular formula is C15H9Br3O2. The molecule has 0 spiro atoms. The minimum absolute atomic E-state index is 0.427. The molecule has 0 fully saturated rings. The minimum Gasteiger partial charge on any atom is -0.422 e. The first-order valence-electron chi connectivity index (χ1n) is 5.66. The number of esters is 1. The Kier molecular flexibility index (Phi) is 5.57. The van der Waals surface area contributed by atoms with Gasteiger partial charge in [-0.3, -0.25) is 0 Å². The van der Waals surface area contributed by atoms with Crippen LogP contribution >= 0.6 is 47.8 Å². The smallest absolute Gasteiger partial charge is 0.336 e. The van der Waals surface area contributed by atoms with Crippen molar-refractivity contribution < 1.29 is 9.53 Å². The van der Waals surface area contributed by atoms with Crippen molar-refractivity contribution in [1.82, 2.24) is 0 Å². The lowest BCUT2D eigenvalue weighted by Gasteiger charge is -2.07. The van der Waals surface area contributed by atoms with Crippen LogP contribution in [-0.4, -0.2) is 5.97 Å². The fraction of sp³-hybridized carbons (Fsp3) is 0. The quantitative estimate of drug-likeness (QED) is 0.258. The first-order chi connectivity index (χ1) is 9.58. The molecule has 0 atom stereocenters. The van der Waals surface area contributed by atoms with Gasteiger partial charge in [0.1, 0.15) is 5.75 Å². The van der Waals surface area contributed by atoms with E-state index in [0.29, 0.717) is 10.2 Å². The molecule has 0 heterocycles. The molecule has 0 radical (unpaired) electrons. The van der Waals surface area contributed by atoms with Gasteiger partial charge in [0.15, 0.2) is 0 Å². The summed E-state index contributed by atoms with van der Waals surface area (Å²) in [6, 6.07) is 13.1. The highest BCUT2D eigenvalue weighted by Gasteiger charge is 2.10. The molecular weight excluding hydrogens is 452 g/mol. The minimum atomic E-state index is -0.427. The molecule has 20 heavy (non-hydrogen) atoms. The average Bonchev–Trinajstić information content (AvgIpc) is 2.47. The zero-order chi connectivity index (χ0) is 14.5. The van der Waals surface area contributed by atoms with Gasteiger partial charge < -0.3 is 4.74 Å². The van der Waals surface area contributed by atoms with E-state index in [-0.39, 0.29) is 0 Å². The topological polar surface area (TPSA) is 26.3 Å². The van der Waals surface area contributed by atoms with E-state index in [4.69, 9.17) is 4.74 Å². The molecule has 0 aliphatic rings. The zero-order valence-corrected chi connectivity index (χ0v) is 14.9. The number of rotatable bonds is 3. The maximum Gasteiger partial charge on any atom is 0.336 e. The normalized spacial score (nSPS) is 10.8. The highest BCUT2D eigenvalue weighted by molar-refractivity contribution is 9.14. The number of hydrogen-bond donors (Lipinski definition) is 0. The van der Waals surface area contributed by atoms with E-state index in [9.17, 15) is 4.79 Å². The van der Waals surface area contributed by atoms with E-state index < -0.39 is 5.97 Å². The average molecular weight is 461 g/mol. The van der Waals surface area contributed by atoms with Crippen LogP contribution in [-0.2, 0) is 4.79 Å². The summed E-state index contributed by atoms with van der Waals surface area (Å²) in [7, 11) is 0. The molecule has 0 aliphatic heterocycles. The van der Waals surface area contributed by atoms with Crippen molar-refractivity contribution in [2.75, 3.05) is 0 Å². The van der Waals surface area contributed by atoms with Gasteiger partial charge in [-0.2, -0.15) is 0 Å². The Balaban J connectivity index is 2.09. The van der Waals surface area contributed by atoms with Gasteiger partial charge in [-0.1, -0.05) is 30.3 Å². The zero-order valence-electron chi connectivity index (χ0n) is 10.1. The molecule has 0 unspecified atom stereocenters. The number of hydrogen-bond acceptors (Lipinski definition) is 2. The number of carbonyl (C=O) groups is 1. The number of halogens is 3. The fourth-order valence-electron chi connectivity index (χ4n) is 1.46. The van der Waals surface area contributed by atoms with Gasteiger partial charge in [-0.05, 0) is 71.6 Å². The molecule has 0 bridgehead atoms. The lowest BCUT2D eigenvalue weighted by atomic mass is 10.2. The van der Waals surface area contributed by atoms with Gasteiger partial charge >= 0.3 is 5.97 Å². The third-order valence-electron chi connectivity index (χ3n) is 2.42. The van der Waals surface area contributed by atoms with Gasteiger partial charge in [-0.15, -0.1) is 0 Å². The Labute approximate surface area is 142 Å². The predicted octanol–water partition coefficient (Wildman–Crippen LogP) is 5.59. The summed E-state index contributed by atoms with van der Waals surface area (Å²) < 4.78 is 7.65. The van der Waals surface area contributed by atoms with Crippen molar-refractivity contribution in [2.24, 2.45) is 0 Å². The van der Waals surface area contributed by atoms with Crippen molar-refractivity contribution in [2.45, 2.75) is 0 Å². The molecule has 2 aromatic carbocycles. The molecule has 5 heteroatoms. The van der Waals surface area contributed by atoms with Crippen LogP contribution in [0.25, 0.3) is 6.08 Å². The van der Waals surface area contributed by atoms with Gasteiger partial charge in [0.2, 0.25) is 0 Å². The Morgan fingerprint density at radius 1 is 0.950 bits per heavy atom. The van der Waals surface area contributed by atoms with Crippen molar-refractivity contribution in [3.05, 3.63) is 67.5 Å². The summed E-state index contributed by atoms with van der Waals surface area (Å²) >= 11 is 10.1. The van der Waals surface area contributed by atoms with Crippen molar-refractivity contribution in [3.63, 3.8) is 0 Å². The molecule has 102 valence electrons. The molecule has 2 nitrogen and oxygen atoms in total. The fourth-order valence-corrected chi connectivity index (χ4v) is 2.81. The van der Waals surface area contributed by atoms with Crippen LogP contribution in [0.3, 0.4) is 0 Å². The standard InChI is InChI=1S/C15H9Br3O2/c16-11-7-8-12(15(18)14(11)17)20-13(19)9-6-10-4-2-1-3-5-10/h1-9H/b9-6+. The maximum atomic E-state index is 11.8. The van der Waals surface area contributed by atoms with E-state index in [0.717, 1.165) is 14.5 Å². The summed E-state index contributed by atoms with van der Waals surface area (Å²) in [6.07, 6.45) is 3.11. The number of carbonyl (C=O) groups excluding carboxylic acids is 1. The van der Waals surface area contributed by atoms with Crippen LogP contribution in [0.15, 0.2) is 62.0 Å². The van der Waals surface area contributed by atoms with E-state index in [2.05, 4.69) is 47.8 Å². The van der Waals surface area contributed by atoms with Crippen molar-refractivity contribution >= 4 is 59.8 Å². The Bertz CT molecular complexity index is 652. The highest BCUT2D eigenvalue weighted by Crippen LogP contribution is 2.37. The van der Waals surface area contributed by atoms with Crippen molar-refractivity contribution in [1.29, 1.82) is 0 Å². The highest BCUT2D eigenvalue weighted by atomic mass is 79.9. The number of ether oxygens (including phenoxy) is 1. The third kappa shape index (κ3) is 4.04. The SMILES string of the molecule is O=C(/C=C/c1ccccc1)Oc1ccc(Br)c(Br)c1Br. The van der Waals surface area contributed by atoms with Crippen LogP contribution in [0.4, 0.5) is 0 Å². The van der Waals surface area contributed by atoms with Crippen LogP contribution in [0.1, 0.15) is 5.56 Å². The molecule has 0 aromatic heterocycles. The summed E-state index contributed by atoms with van der Waals surface area (Å²) in [5, 5.41) is 0. The molecule has 0 aliphatic carbocycles. The molecule has 0 amide bonds. The van der Waals surface area contributed by atoms with E-state index in [1.807, 2.05) is 30.3 Å². The van der Waals surface area contributed by atoms with Crippen LogP contribution in [0.2, 0.25) is 0 Å². The molecule has 0 saturated heterocycles. The Hall–Kier alpha value is -0.910. The van der Waals surface area contributed by atoms with Crippen LogP contribution in [0.5, 0.6) is 5.75 Å². The lowest BCUT2D eigenvalue weighted by Crippen LogP contribution is -2.04. The van der Waals surface area contributed by atoms with Gasteiger partial charge in [0.25, 0.3) is 0 Å². The second-order valence-corrected chi connectivity index (χ2v) is 6.28. The summed E-state index contributed by atoms with van der Waals surface area (Å²) in [5.74, 6) is 0.0339. The maximum absolute atomic E-state index is 11.8. The van der Waals surface area contributed by atoms with E-state index in [1.165, 1.54) is 6.08 Å². The second kappa shape index (κ2) is 7.20. The van der Waals surface area contributed by atoms with Crippen molar-refractivity contribution in [3.8, 4) is 5.75 Å². The number of benzene rings is 2. The summed E-state index contributed by atoms with van der Waals surface area (Å²) in [6.45, 7) is 0. The second-order valence-electron chi connectivity index (χ2n) is 3.84. The summed E-state index contributed by atoms with van der Waals surface area (Å²) in [5.41, 5.74) is 0.945. The third-order valence-corrected chi connectivity index (χ3v) is 5.76. The molecule has 2 aromatic rings. The summed E-state index contributed by atoms with van der Waals surface area (Å²) in [4.78, 5) is 11.8. The molecule has 2 rings (SSSR count). The Morgan fingerprint density at radius 2 is 1.65 bits per heavy atom. The largest absolute Gasteiger partial charge is 0.422 e. The van der Waals surface area contributed by atoms with Crippen LogP contribution < -0.4 is 4.74 Å². The first-order valence-corrected chi connectivity index (χ1v) is 8.04. The lowest BCUT2D eigenvalue weighted by molar-refractivity contribution is -0.128. The molecule has 0 N–H and O–H groups in total. The van der Waals surface area contributed by atoms with E-state index >= 15 is 0 Å². The predicted molar refractivity (Wildman–Crippen MR) is 90.7 cm³/mol. The van der Waals surface area contributed by atoms with Gasteiger partial charge in [-0.25, -0.2) is 4.79 Å². The Morgan fingerprint density at radius 3 is 2.35 bits per heavy atom. The van der Waals surface area contributed by atoms with E-state index in [1.54, 1.807) is 18.2 Å². The van der Waals surface area contributed by atoms with Gasteiger partial charge in [0, 0.05) is 15.0 Å². The monoisotopic (exact) mass is 458 g/mol. The molecule has 0 saturated carbocycles. The first kappa shape index (κ1) is 15.5.